The van der Waals surface area contributed by atoms with E-state index in [1.165, 1.54) is 6.42 Å². The van der Waals surface area contributed by atoms with E-state index in [9.17, 15) is 14.5 Å². The van der Waals surface area contributed by atoms with Gasteiger partial charge in [-0.2, -0.15) is 0 Å². The highest BCUT2D eigenvalue weighted by Gasteiger charge is 2.26. The van der Waals surface area contributed by atoms with Crippen LogP contribution in [0, 0.1) is 31.6 Å². The molecule has 2 unspecified atom stereocenters. The number of carbonyl (C=O) groups excluding carboxylic acids is 2. The summed E-state index contributed by atoms with van der Waals surface area (Å²) < 4.78 is 2.40. The van der Waals surface area contributed by atoms with Crippen molar-refractivity contribution >= 4 is 44.1 Å². The predicted molar refractivity (Wildman–Crippen MR) is 194 cm³/mol. The maximum atomic E-state index is 14.5. The van der Waals surface area contributed by atoms with Gasteiger partial charge in [0.1, 0.15) is 0 Å². The summed E-state index contributed by atoms with van der Waals surface area (Å²) in [4.78, 5) is 40.3. The number of benzene rings is 5. The molecule has 238 valence electrons. The molecule has 0 bridgehead atoms. The number of fused-ring (bicyclic) bond motifs is 5. The Morgan fingerprint density at radius 2 is 1.45 bits per heavy atom. The first-order chi connectivity index (χ1) is 22.8. The van der Waals surface area contributed by atoms with Crippen molar-refractivity contribution in [2.45, 2.75) is 72.9 Å². The van der Waals surface area contributed by atoms with Crippen LogP contribution in [-0.2, 0) is 6.54 Å². The zero-order chi connectivity index (χ0) is 33.2. The molecule has 47 heavy (non-hydrogen) atoms. The van der Waals surface area contributed by atoms with E-state index in [4.69, 9.17) is 0 Å². The molecule has 0 saturated carbocycles. The fourth-order valence-corrected chi connectivity index (χ4v) is 7.40. The normalized spacial score (nSPS) is 12.9. The number of rotatable bonds is 12. The Morgan fingerprint density at radius 1 is 0.766 bits per heavy atom. The predicted octanol–water partition coefficient (Wildman–Crippen LogP) is 11.0. The summed E-state index contributed by atoms with van der Waals surface area (Å²) >= 11 is 0. The number of carbonyl (C=O) groups is 2. The Labute approximate surface area is 276 Å². The molecule has 5 aromatic carbocycles. The second-order valence-electron chi connectivity index (χ2n) is 13.0. The summed E-state index contributed by atoms with van der Waals surface area (Å²) in [6, 6.07) is 27.9. The van der Waals surface area contributed by atoms with Gasteiger partial charge in [0.2, 0.25) is 0 Å². The van der Waals surface area contributed by atoms with Crippen molar-refractivity contribution < 1.29 is 9.59 Å². The van der Waals surface area contributed by atoms with Gasteiger partial charge in [0.05, 0.1) is 5.52 Å². The minimum Gasteiger partial charge on any atom is -0.340 e. The smallest absolute Gasteiger partial charge is 0.195 e. The van der Waals surface area contributed by atoms with Gasteiger partial charge in [0, 0.05) is 44.9 Å². The molecule has 6 aromatic rings. The highest BCUT2D eigenvalue weighted by atomic mass is 16.3. The van der Waals surface area contributed by atoms with Crippen LogP contribution in [0.4, 0.5) is 0 Å². The lowest BCUT2D eigenvalue weighted by molar-refractivity contribution is 0.0961. The maximum absolute atomic E-state index is 14.5. The fourth-order valence-electron chi connectivity index (χ4n) is 7.40. The van der Waals surface area contributed by atoms with E-state index < -0.39 is 6.04 Å². The van der Waals surface area contributed by atoms with E-state index in [1.807, 2.05) is 62.4 Å². The van der Waals surface area contributed by atoms with Crippen molar-refractivity contribution in [2.75, 3.05) is 0 Å². The third kappa shape index (κ3) is 5.91. The van der Waals surface area contributed by atoms with Gasteiger partial charge in [-0.1, -0.05) is 111 Å². The molecule has 2 atom stereocenters. The van der Waals surface area contributed by atoms with Crippen LogP contribution in [0.2, 0.25) is 0 Å². The lowest BCUT2D eigenvalue weighted by atomic mass is 9.89. The van der Waals surface area contributed by atoms with Crippen molar-refractivity contribution in [3.8, 4) is 0 Å². The fraction of sp³-hybridized carbons (Fsp3) is 0.286. The first-order valence-corrected chi connectivity index (χ1v) is 16.8. The molecule has 0 fully saturated rings. The molecule has 0 aliphatic heterocycles. The Hall–Kier alpha value is -4.90. The monoisotopic (exact) mass is 622 g/mol. The summed E-state index contributed by atoms with van der Waals surface area (Å²) in [7, 11) is 0. The third-order valence-electron chi connectivity index (χ3n) is 9.75. The lowest BCUT2D eigenvalue weighted by Crippen LogP contribution is -2.11. The third-order valence-corrected chi connectivity index (χ3v) is 9.75. The second-order valence-corrected chi connectivity index (χ2v) is 13.0. The topological polar surface area (TPSA) is 68.5 Å². The number of hydrogen-bond donors (Lipinski definition) is 0. The Kier molecular flexibility index (Phi) is 9.17. The summed E-state index contributed by atoms with van der Waals surface area (Å²) in [6.45, 7) is 11.4. The van der Waals surface area contributed by atoms with Crippen LogP contribution in [0.3, 0.4) is 0 Å². The molecule has 0 aliphatic carbocycles. The number of nitrogens with zero attached hydrogens (tertiary/aromatic N) is 2. The number of nitroso groups, excluding NO2 is 1. The molecular weight excluding hydrogens is 580 g/mol. The Bertz CT molecular complexity index is 2120. The van der Waals surface area contributed by atoms with Gasteiger partial charge >= 0.3 is 0 Å². The van der Waals surface area contributed by atoms with Crippen molar-refractivity contribution in [3.63, 3.8) is 0 Å². The van der Waals surface area contributed by atoms with E-state index >= 15 is 0 Å². The number of aromatic nitrogens is 1. The van der Waals surface area contributed by atoms with Gasteiger partial charge in [-0.15, -0.1) is 4.91 Å². The minimum absolute atomic E-state index is 0.00471. The largest absolute Gasteiger partial charge is 0.340 e. The molecule has 0 aliphatic rings. The highest BCUT2D eigenvalue weighted by Crippen LogP contribution is 2.39. The quantitative estimate of drug-likeness (QED) is 0.101. The van der Waals surface area contributed by atoms with Gasteiger partial charge in [-0.05, 0) is 79.5 Å². The number of hydrogen-bond acceptors (Lipinski definition) is 4. The van der Waals surface area contributed by atoms with Crippen molar-refractivity contribution in [1.82, 2.24) is 4.57 Å². The van der Waals surface area contributed by atoms with Gasteiger partial charge in [-0.3, -0.25) is 9.59 Å². The molecule has 6 rings (SSSR count). The molecule has 1 heterocycles. The van der Waals surface area contributed by atoms with E-state index in [0.717, 1.165) is 80.6 Å². The summed E-state index contributed by atoms with van der Waals surface area (Å²) in [5.41, 5.74) is 7.50. The van der Waals surface area contributed by atoms with Gasteiger partial charge in [0.25, 0.3) is 0 Å². The van der Waals surface area contributed by atoms with E-state index in [1.54, 1.807) is 24.3 Å². The zero-order valence-corrected chi connectivity index (χ0v) is 28.0. The van der Waals surface area contributed by atoms with Crippen molar-refractivity contribution in [3.05, 3.63) is 135 Å². The average molecular weight is 623 g/mol. The first-order valence-electron chi connectivity index (χ1n) is 16.8. The van der Waals surface area contributed by atoms with E-state index in [2.05, 4.69) is 48.7 Å². The average Bonchev–Trinajstić information content (AvgIpc) is 3.38. The Balaban J connectivity index is 1.63. The van der Waals surface area contributed by atoms with Gasteiger partial charge < -0.3 is 4.57 Å². The molecule has 5 nitrogen and oxygen atoms in total. The molecule has 0 spiro atoms. The van der Waals surface area contributed by atoms with E-state index in [-0.39, 0.29) is 11.6 Å². The number of Topliss-reactive ketones (excluding diaryl/α,β-unsaturated/α-hetero) is 1. The number of unbranched alkanes of at least 4 members (excludes halogenated alkanes) is 1. The van der Waals surface area contributed by atoms with Crippen LogP contribution < -0.4 is 0 Å². The molecule has 0 saturated heterocycles. The molecule has 5 heteroatoms. The number of ketones is 2. The zero-order valence-electron chi connectivity index (χ0n) is 28.0. The van der Waals surface area contributed by atoms with E-state index in [0.29, 0.717) is 22.6 Å². The summed E-state index contributed by atoms with van der Waals surface area (Å²) in [5, 5.41) is 7.00. The number of aryl methyl sites for hydroxylation is 3. The molecule has 0 amide bonds. The molecule has 0 radical (unpaired) electrons. The second kappa shape index (κ2) is 13.4. The summed E-state index contributed by atoms with van der Waals surface area (Å²) in [5.74, 6) is 0.135. The highest BCUT2D eigenvalue weighted by molar-refractivity contribution is 6.26. The Morgan fingerprint density at radius 3 is 2.11 bits per heavy atom. The van der Waals surface area contributed by atoms with Crippen LogP contribution >= 0.6 is 0 Å². The van der Waals surface area contributed by atoms with Crippen LogP contribution in [0.15, 0.2) is 96.2 Å². The van der Waals surface area contributed by atoms with Crippen LogP contribution in [0.1, 0.15) is 94.1 Å². The lowest BCUT2D eigenvalue weighted by Gasteiger charge is -2.19. The van der Waals surface area contributed by atoms with Gasteiger partial charge in [-0.25, -0.2) is 0 Å². The van der Waals surface area contributed by atoms with Crippen LogP contribution in [0.5, 0.6) is 0 Å². The van der Waals surface area contributed by atoms with Crippen LogP contribution in [-0.4, -0.2) is 16.1 Å². The molecule has 1 aromatic heterocycles. The standard InChI is InChI=1S/C42H42N2O3/c1-6-8-14-29(7-2)25-44-37-20-19-31(41(45)39(43-47)30-15-10-9-11-16-30)23-34(37)35-24-36(32-17-12-13-18-33(32)40(35)44)42(46)38-27(4)21-26(3)22-28(38)5/h9-13,15-24,29,39H,6-8,14,25H2,1-5H3. The SMILES string of the molecule is CCCCC(CC)Cn1c2ccc(C(=O)C(N=O)c3ccccc3)cc2c2cc(C(=O)c3c(C)cc(C)cc3C)c3ccccc3c21. The van der Waals surface area contributed by atoms with Crippen molar-refractivity contribution in [1.29, 1.82) is 0 Å². The first kappa shape index (κ1) is 32.1. The van der Waals surface area contributed by atoms with Crippen LogP contribution in [0.25, 0.3) is 32.6 Å². The minimum atomic E-state index is -1.13. The molecular formula is C42H42N2O3. The van der Waals surface area contributed by atoms with Crippen molar-refractivity contribution in [2.24, 2.45) is 11.1 Å². The molecule has 0 N–H and O–H groups in total. The maximum Gasteiger partial charge on any atom is 0.195 e. The summed E-state index contributed by atoms with van der Waals surface area (Å²) in [6.07, 6.45) is 4.51. The van der Waals surface area contributed by atoms with Gasteiger partial charge in [0.15, 0.2) is 17.6 Å².